The summed E-state index contributed by atoms with van der Waals surface area (Å²) in [6.07, 6.45) is 12.8. The summed E-state index contributed by atoms with van der Waals surface area (Å²) in [6.45, 7) is 11.4. The molecule has 0 aromatic carbocycles. The van der Waals surface area contributed by atoms with Gasteiger partial charge in [-0.3, -0.25) is 4.99 Å². The number of aromatic nitrogens is 1. The van der Waals surface area contributed by atoms with Gasteiger partial charge in [-0.2, -0.15) is 0 Å². The molecule has 0 spiro atoms. The number of carbonyl (C=O) groups excluding carboxylic acids is 1. The molecule has 0 aliphatic rings. The summed E-state index contributed by atoms with van der Waals surface area (Å²) < 4.78 is 5.81. The highest BCUT2D eigenvalue weighted by Gasteiger charge is 2.09. The van der Waals surface area contributed by atoms with Crippen LogP contribution in [0.5, 0.6) is 5.75 Å². The normalized spacial score (nSPS) is 11.8. The average Bonchev–Trinajstić information content (AvgIpc) is 2.61. The van der Waals surface area contributed by atoms with E-state index in [1.807, 2.05) is 38.3 Å². The van der Waals surface area contributed by atoms with Gasteiger partial charge in [-0.1, -0.05) is 32.8 Å². The lowest BCUT2D eigenvalue weighted by Gasteiger charge is -2.22. The molecule has 0 saturated carbocycles. The van der Waals surface area contributed by atoms with Crippen LogP contribution in [0.25, 0.3) is 0 Å². The van der Waals surface area contributed by atoms with E-state index < -0.39 is 0 Å². The summed E-state index contributed by atoms with van der Waals surface area (Å²) in [5.74, 6) is 2.50. The fraction of sp³-hybridized carbons (Fsp3) is 0.609. The molecule has 0 atom stereocenters. The highest BCUT2D eigenvalue weighted by molar-refractivity contribution is 5.75. The van der Waals surface area contributed by atoms with Crippen molar-refractivity contribution in [2.75, 3.05) is 18.1 Å². The Kier molecular flexibility index (Phi) is 11.9. The summed E-state index contributed by atoms with van der Waals surface area (Å²) >= 11 is 0. The van der Waals surface area contributed by atoms with Crippen LogP contribution in [0.2, 0.25) is 0 Å². The SMILES string of the molecule is CC(=O)CCCCCCN(CN=CC=CC(C)C)c1cc(OC(C)C)ccn1. The fourth-order valence-electron chi connectivity index (χ4n) is 2.68. The molecular weight excluding hydrogens is 350 g/mol. The molecule has 1 rings (SSSR count). The maximum Gasteiger partial charge on any atom is 0.133 e. The lowest BCUT2D eigenvalue weighted by molar-refractivity contribution is -0.117. The van der Waals surface area contributed by atoms with E-state index in [-0.39, 0.29) is 11.9 Å². The maximum absolute atomic E-state index is 11.0. The molecule has 1 aromatic rings. The Hall–Kier alpha value is -2.17. The predicted molar refractivity (Wildman–Crippen MR) is 118 cm³/mol. The number of pyridine rings is 1. The number of Topliss-reactive ketones (excluding diaryl/α,β-unsaturated/α-hetero) is 1. The highest BCUT2D eigenvalue weighted by Crippen LogP contribution is 2.20. The number of ketones is 1. The van der Waals surface area contributed by atoms with Crippen molar-refractivity contribution in [3.63, 3.8) is 0 Å². The van der Waals surface area contributed by atoms with Gasteiger partial charge in [0.25, 0.3) is 0 Å². The Morgan fingerprint density at radius 2 is 1.96 bits per heavy atom. The number of unbranched alkanes of at least 4 members (excludes halogenated alkanes) is 3. The lowest BCUT2D eigenvalue weighted by Crippen LogP contribution is -2.25. The van der Waals surface area contributed by atoms with Crippen LogP contribution in [0.3, 0.4) is 0 Å². The molecule has 0 bridgehead atoms. The molecule has 5 heteroatoms. The van der Waals surface area contributed by atoms with E-state index >= 15 is 0 Å². The van der Waals surface area contributed by atoms with Gasteiger partial charge in [0, 0.05) is 31.4 Å². The van der Waals surface area contributed by atoms with Gasteiger partial charge < -0.3 is 14.4 Å². The topological polar surface area (TPSA) is 54.8 Å². The summed E-state index contributed by atoms with van der Waals surface area (Å²) in [7, 11) is 0. The zero-order valence-electron chi connectivity index (χ0n) is 18.2. The minimum absolute atomic E-state index is 0.129. The Morgan fingerprint density at radius 3 is 2.64 bits per heavy atom. The third-order valence-electron chi connectivity index (χ3n) is 4.06. The van der Waals surface area contributed by atoms with E-state index in [9.17, 15) is 4.79 Å². The van der Waals surface area contributed by atoms with Crippen molar-refractivity contribution in [1.29, 1.82) is 0 Å². The number of hydrogen-bond donors (Lipinski definition) is 0. The molecule has 0 aliphatic heterocycles. The second kappa shape index (κ2) is 13.9. The molecule has 0 amide bonds. The zero-order valence-corrected chi connectivity index (χ0v) is 18.2. The van der Waals surface area contributed by atoms with Gasteiger partial charge in [0.2, 0.25) is 0 Å². The second-order valence-electron chi connectivity index (χ2n) is 7.75. The Balaban J connectivity index is 2.67. The van der Waals surface area contributed by atoms with Gasteiger partial charge >= 0.3 is 0 Å². The summed E-state index contributed by atoms with van der Waals surface area (Å²) in [6, 6.07) is 3.87. The van der Waals surface area contributed by atoms with E-state index in [0.717, 1.165) is 43.8 Å². The molecule has 0 fully saturated rings. The number of carbonyl (C=O) groups is 1. The van der Waals surface area contributed by atoms with Crippen molar-refractivity contribution in [1.82, 2.24) is 4.98 Å². The van der Waals surface area contributed by atoms with Crippen LogP contribution in [-0.2, 0) is 4.79 Å². The van der Waals surface area contributed by atoms with Gasteiger partial charge in [-0.05, 0) is 51.7 Å². The number of ether oxygens (including phenoxy) is 1. The number of aliphatic imine (C=N–C) groups is 1. The molecule has 0 saturated heterocycles. The van der Waals surface area contributed by atoms with Crippen LogP contribution >= 0.6 is 0 Å². The van der Waals surface area contributed by atoms with Crippen molar-refractivity contribution in [2.45, 2.75) is 72.8 Å². The van der Waals surface area contributed by atoms with Gasteiger partial charge in [-0.15, -0.1) is 0 Å². The van der Waals surface area contributed by atoms with Gasteiger partial charge in [0.15, 0.2) is 0 Å². The molecular formula is C23H37N3O2. The Morgan fingerprint density at radius 1 is 1.21 bits per heavy atom. The fourth-order valence-corrected chi connectivity index (χ4v) is 2.68. The first-order valence-corrected chi connectivity index (χ1v) is 10.4. The molecule has 0 N–H and O–H groups in total. The molecule has 0 radical (unpaired) electrons. The summed E-state index contributed by atoms with van der Waals surface area (Å²) in [4.78, 5) is 22.3. The molecule has 1 heterocycles. The summed E-state index contributed by atoms with van der Waals surface area (Å²) in [5.41, 5.74) is 0. The van der Waals surface area contributed by atoms with E-state index in [2.05, 4.69) is 34.8 Å². The van der Waals surface area contributed by atoms with Gasteiger partial charge in [0.1, 0.15) is 24.0 Å². The first-order valence-electron chi connectivity index (χ1n) is 10.4. The van der Waals surface area contributed by atoms with Crippen molar-refractivity contribution in [2.24, 2.45) is 10.9 Å². The average molecular weight is 388 g/mol. The first kappa shape index (κ1) is 23.9. The standard InChI is InChI=1S/C23H37N3O2/c1-19(2)11-10-14-24-18-26(16-9-7-6-8-12-21(5)27)23-17-22(13-15-25-23)28-20(3)4/h10-11,13-15,17,19-20H,6-9,12,16,18H2,1-5H3. The van der Waals surface area contributed by atoms with Crippen molar-refractivity contribution in [3.05, 3.63) is 30.5 Å². The van der Waals surface area contributed by atoms with E-state index in [1.54, 1.807) is 13.1 Å². The monoisotopic (exact) mass is 387 g/mol. The quantitative estimate of drug-likeness (QED) is 0.314. The van der Waals surface area contributed by atoms with Crippen molar-refractivity contribution in [3.8, 4) is 5.75 Å². The molecule has 28 heavy (non-hydrogen) atoms. The molecule has 1 aromatic heterocycles. The second-order valence-corrected chi connectivity index (χ2v) is 7.75. The van der Waals surface area contributed by atoms with E-state index in [1.165, 1.54) is 0 Å². The van der Waals surface area contributed by atoms with Crippen LogP contribution in [0, 0.1) is 5.92 Å². The maximum atomic E-state index is 11.0. The van der Waals surface area contributed by atoms with E-state index in [4.69, 9.17) is 4.74 Å². The molecule has 0 aliphatic carbocycles. The van der Waals surface area contributed by atoms with E-state index in [0.29, 0.717) is 19.0 Å². The van der Waals surface area contributed by atoms with Crippen molar-refractivity contribution >= 4 is 17.8 Å². The van der Waals surface area contributed by atoms with Gasteiger partial charge in [0.05, 0.1) is 6.10 Å². The largest absolute Gasteiger partial charge is 0.491 e. The smallest absolute Gasteiger partial charge is 0.133 e. The minimum atomic E-state index is 0.129. The van der Waals surface area contributed by atoms with Crippen LogP contribution in [0.4, 0.5) is 5.82 Å². The first-order chi connectivity index (χ1) is 13.4. The van der Waals surface area contributed by atoms with Crippen LogP contribution in [-0.4, -0.2) is 36.3 Å². The third kappa shape index (κ3) is 11.5. The number of rotatable bonds is 14. The highest BCUT2D eigenvalue weighted by atomic mass is 16.5. The summed E-state index contributed by atoms with van der Waals surface area (Å²) in [5, 5.41) is 0. The Labute approximate surface area is 170 Å². The van der Waals surface area contributed by atoms with Gasteiger partial charge in [-0.25, -0.2) is 4.98 Å². The third-order valence-corrected chi connectivity index (χ3v) is 4.06. The predicted octanol–water partition coefficient (Wildman–Crippen LogP) is 5.46. The number of hydrogen-bond acceptors (Lipinski definition) is 5. The molecule has 156 valence electrons. The minimum Gasteiger partial charge on any atom is -0.491 e. The van der Waals surface area contributed by atoms with Crippen LogP contribution < -0.4 is 9.64 Å². The molecule has 5 nitrogen and oxygen atoms in total. The lowest BCUT2D eigenvalue weighted by atomic mass is 10.1. The zero-order chi connectivity index (χ0) is 20.8. The number of nitrogens with zero attached hydrogens (tertiary/aromatic N) is 3. The van der Waals surface area contributed by atoms with Crippen LogP contribution in [0.15, 0.2) is 35.5 Å². The van der Waals surface area contributed by atoms with Crippen LogP contribution in [0.1, 0.15) is 66.7 Å². The Bertz CT molecular complexity index is 624. The molecule has 0 unspecified atom stereocenters. The van der Waals surface area contributed by atoms with Crippen molar-refractivity contribution < 1.29 is 9.53 Å². The number of anilines is 1. The number of allylic oxidation sites excluding steroid dienone is 2.